The minimum absolute atomic E-state index is 0.0350. The Bertz CT molecular complexity index is 1320. The SMILES string of the molecule is CNCc1c(C=O)c(O)c2ncc(Cc3ccc(F)c(Cl)c3)cc2c1-c1ccc(F)cc1. The van der Waals surface area contributed by atoms with Crippen molar-refractivity contribution in [2.75, 3.05) is 7.05 Å². The molecule has 1 aromatic heterocycles. The van der Waals surface area contributed by atoms with Crippen molar-refractivity contribution < 1.29 is 18.7 Å². The van der Waals surface area contributed by atoms with Gasteiger partial charge < -0.3 is 10.4 Å². The Morgan fingerprint density at radius 3 is 2.50 bits per heavy atom. The summed E-state index contributed by atoms with van der Waals surface area (Å²) >= 11 is 5.91. The number of pyridine rings is 1. The summed E-state index contributed by atoms with van der Waals surface area (Å²) in [7, 11) is 1.73. The molecule has 0 amide bonds. The van der Waals surface area contributed by atoms with E-state index in [0.717, 1.165) is 11.1 Å². The number of carbonyl (C=O) groups excluding carboxylic acids is 1. The Labute approximate surface area is 188 Å². The molecule has 0 aliphatic rings. The summed E-state index contributed by atoms with van der Waals surface area (Å²) in [5, 5.41) is 14.5. The highest BCUT2D eigenvalue weighted by Gasteiger charge is 2.21. The van der Waals surface area contributed by atoms with Crippen LogP contribution in [0.1, 0.15) is 27.0 Å². The van der Waals surface area contributed by atoms with Gasteiger partial charge in [-0.15, -0.1) is 0 Å². The van der Waals surface area contributed by atoms with Gasteiger partial charge in [0.25, 0.3) is 0 Å². The van der Waals surface area contributed by atoms with E-state index < -0.39 is 5.82 Å². The Kier molecular flexibility index (Phi) is 6.17. The molecule has 0 aliphatic heterocycles. The van der Waals surface area contributed by atoms with E-state index in [1.54, 1.807) is 37.5 Å². The second-order valence-corrected chi connectivity index (χ2v) is 7.84. The number of benzene rings is 3. The first kappa shape index (κ1) is 21.9. The lowest BCUT2D eigenvalue weighted by molar-refractivity contribution is 0.112. The van der Waals surface area contributed by atoms with Gasteiger partial charge in [0.1, 0.15) is 17.2 Å². The van der Waals surface area contributed by atoms with Gasteiger partial charge in [0.05, 0.1) is 10.6 Å². The van der Waals surface area contributed by atoms with Crippen molar-refractivity contribution in [2.45, 2.75) is 13.0 Å². The summed E-state index contributed by atoms with van der Waals surface area (Å²) in [6.07, 6.45) is 2.63. The number of halogens is 3. The molecule has 162 valence electrons. The molecular formula is C25H19ClF2N2O2. The molecule has 0 aliphatic carbocycles. The van der Waals surface area contributed by atoms with Crippen LogP contribution in [0.4, 0.5) is 8.78 Å². The van der Waals surface area contributed by atoms with Gasteiger partial charge in [-0.25, -0.2) is 8.78 Å². The fraction of sp³-hybridized carbons (Fsp3) is 0.120. The van der Waals surface area contributed by atoms with E-state index in [9.17, 15) is 18.7 Å². The summed E-state index contributed by atoms with van der Waals surface area (Å²) in [6, 6.07) is 12.3. The highest BCUT2D eigenvalue weighted by molar-refractivity contribution is 6.30. The van der Waals surface area contributed by atoms with Crippen molar-refractivity contribution in [3.63, 3.8) is 0 Å². The molecule has 0 unspecified atom stereocenters. The van der Waals surface area contributed by atoms with Crippen molar-refractivity contribution >= 4 is 28.8 Å². The first-order chi connectivity index (χ1) is 15.4. The minimum Gasteiger partial charge on any atom is -0.505 e. The Morgan fingerprint density at radius 1 is 1.09 bits per heavy atom. The number of aromatic nitrogens is 1. The van der Waals surface area contributed by atoms with Gasteiger partial charge in [0, 0.05) is 18.1 Å². The highest BCUT2D eigenvalue weighted by atomic mass is 35.5. The fourth-order valence-corrected chi connectivity index (χ4v) is 4.07. The molecule has 0 saturated heterocycles. The maximum atomic E-state index is 13.6. The first-order valence-corrected chi connectivity index (χ1v) is 10.3. The number of aldehydes is 1. The number of nitrogens with one attached hydrogen (secondary N) is 1. The zero-order valence-electron chi connectivity index (χ0n) is 17.1. The zero-order valence-corrected chi connectivity index (χ0v) is 17.9. The molecule has 0 spiro atoms. The van der Waals surface area contributed by atoms with Crippen molar-refractivity contribution in [3.8, 4) is 16.9 Å². The summed E-state index contributed by atoms with van der Waals surface area (Å²) in [6.45, 7) is 0.308. The van der Waals surface area contributed by atoms with Crippen molar-refractivity contribution in [1.82, 2.24) is 10.3 Å². The van der Waals surface area contributed by atoms with Gasteiger partial charge in [-0.05, 0) is 71.6 Å². The molecule has 0 bridgehead atoms. The van der Waals surface area contributed by atoms with Gasteiger partial charge in [0.15, 0.2) is 12.0 Å². The molecule has 0 atom stereocenters. The van der Waals surface area contributed by atoms with Crippen LogP contribution in [0.25, 0.3) is 22.0 Å². The quantitative estimate of drug-likeness (QED) is 0.370. The number of phenolic OH excluding ortho intramolecular Hbond substituents is 1. The van der Waals surface area contributed by atoms with E-state index in [-0.39, 0.29) is 27.7 Å². The van der Waals surface area contributed by atoms with Crippen LogP contribution in [0, 0.1) is 11.6 Å². The maximum Gasteiger partial charge on any atom is 0.154 e. The maximum absolute atomic E-state index is 13.6. The van der Waals surface area contributed by atoms with Crippen LogP contribution >= 0.6 is 11.6 Å². The number of rotatable bonds is 6. The van der Waals surface area contributed by atoms with E-state index in [2.05, 4.69) is 10.3 Å². The monoisotopic (exact) mass is 452 g/mol. The van der Waals surface area contributed by atoms with Gasteiger partial charge in [-0.2, -0.15) is 0 Å². The number of phenols is 1. The van der Waals surface area contributed by atoms with E-state index in [4.69, 9.17) is 11.6 Å². The lowest BCUT2D eigenvalue weighted by atomic mass is 9.89. The minimum atomic E-state index is -0.492. The summed E-state index contributed by atoms with van der Waals surface area (Å²) in [4.78, 5) is 16.3. The Hall–Kier alpha value is -3.35. The fourth-order valence-electron chi connectivity index (χ4n) is 3.87. The molecule has 0 radical (unpaired) electrons. The number of hydrogen-bond acceptors (Lipinski definition) is 4. The molecule has 4 rings (SSSR count). The molecule has 32 heavy (non-hydrogen) atoms. The first-order valence-electron chi connectivity index (χ1n) is 9.89. The molecule has 4 nitrogen and oxygen atoms in total. The third-order valence-corrected chi connectivity index (χ3v) is 5.61. The number of hydrogen-bond donors (Lipinski definition) is 2. The third kappa shape index (κ3) is 4.07. The second kappa shape index (κ2) is 9.02. The predicted octanol–water partition coefficient (Wildman–Crippen LogP) is 5.66. The van der Waals surface area contributed by atoms with Crippen molar-refractivity contribution in [2.24, 2.45) is 0 Å². The molecule has 0 fully saturated rings. The summed E-state index contributed by atoms with van der Waals surface area (Å²) in [5.74, 6) is -1.08. The number of aromatic hydroxyl groups is 1. The normalized spacial score (nSPS) is 11.1. The lowest BCUT2D eigenvalue weighted by Gasteiger charge is -2.18. The van der Waals surface area contributed by atoms with Crippen LogP contribution in [0.5, 0.6) is 5.75 Å². The number of carbonyl (C=O) groups is 1. The van der Waals surface area contributed by atoms with Crippen LogP contribution in [0.3, 0.4) is 0 Å². The van der Waals surface area contributed by atoms with Crippen LogP contribution < -0.4 is 5.32 Å². The third-order valence-electron chi connectivity index (χ3n) is 5.32. The Balaban J connectivity index is 1.96. The van der Waals surface area contributed by atoms with Crippen LogP contribution in [0.15, 0.2) is 54.7 Å². The molecule has 0 saturated carbocycles. The molecule has 7 heteroatoms. The average Bonchev–Trinajstić information content (AvgIpc) is 2.78. The molecule has 3 aromatic carbocycles. The van der Waals surface area contributed by atoms with E-state index in [0.29, 0.717) is 41.3 Å². The van der Waals surface area contributed by atoms with Crippen molar-refractivity contribution in [1.29, 1.82) is 0 Å². The molecule has 1 heterocycles. The van der Waals surface area contributed by atoms with Crippen LogP contribution in [-0.2, 0) is 13.0 Å². The standard InChI is InChI=1S/C25H19ClF2N2O2/c1-29-12-19-20(13-31)25(32)24-18(23(19)16-3-5-17(27)6-4-16)9-15(11-30-24)8-14-2-7-22(28)21(26)10-14/h2-7,9-11,13,29,32H,8,12H2,1H3. The molecule has 2 N–H and O–H groups in total. The molecule has 4 aromatic rings. The van der Waals surface area contributed by atoms with Gasteiger partial charge in [-0.1, -0.05) is 29.8 Å². The predicted molar refractivity (Wildman–Crippen MR) is 121 cm³/mol. The van der Waals surface area contributed by atoms with Crippen molar-refractivity contribution in [3.05, 3.63) is 93.6 Å². The van der Waals surface area contributed by atoms with Gasteiger partial charge in [0.2, 0.25) is 0 Å². The Morgan fingerprint density at radius 2 is 1.84 bits per heavy atom. The second-order valence-electron chi connectivity index (χ2n) is 7.44. The van der Waals surface area contributed by atoms with E-state index >= 15 is 0 Å². The summed E-state index contributed by atoms with van der Waals surface area (Å²) < 4.78 is 27.1. The largest absolute Gasteiger partial charge is 0.505 e. The van der Waals surface area contributed by atoms with Gasteiger partial charge in [-0.3, -0.25) is 9.78 Å². The van der Waals surface area contributed by atoms with E-state index in [1.807, 2.05) is 6.07 Å². The highest BCUT2D eigenvalue weighted by Crippen LogP contribution is 2.40. The van der Waals surface area contributed by atoms with Gasteiger partial charge >= 0.3 is 0 Å². The average molecular weight is 453 g/mol. The van der Waals surface area contributed by atoms with Crippen LogP contribution in [-0.4, -0.2) is 23.4 Å². The number of fused-ring (bicyclic) bond motifs is 1. The van der Waals surface area contributed by atoms with E-state index in [1.165, 1.54) is 18.2 Å². The summed E-state index contributed by atoms with van der Waals surface area (Å²) in [5.41, 5.74) is 3.96. The zero-order chi connectivity index (χ0) is 22.8. The smallest absolute Gasteiger partial charge is 0.154 e. The topological polar surface area (TPSA) is 62.2 Å². The van der Waals surface area contributed by atoms with Crippen LogP contribution in [0.2, 0.25) is 5.02 Å². The number of nitrogens with zero attached hydrogens (tertiary/aromatic N) is 1. The molecular weight excluding hydrogens is 434 g/mol. The lowest BCUT2D eigenvalue weighted by Crippen LogP contribution is -2.10.